The third-order valence-corrected chi connectivity index (χ3v) is 9.51. The van der Waals surface area contributed by atoms with Gasteiger partial charge in [-0.05, 0) is 42.7 Å². The fraction of sp³-hybridized carbons (Fsp3) is 0.407. The van der Waals surface area contributed by atoms with Crippen LogP contribution in [0.1, 0.15) is 53.8 Å². The first-order chi connectivity index (χ1) is 20.0. The molecule has 1 saturated heterocycles. The van der Waals surface area contributed by atoms with E-state index < -0.39 is 46.0 Å². The van der Waals surface area contributed by atoms with E-state index in [9.17, 15) is 27.9 Å². The van der Waals surface area contributed by atoms with Crippen LogP contribution in [0.5, 0.6) is 0 Å². The van der Waals surface area contributed by atoms with Crippen LogP contribution >= 0.6 is 35.3 Å². The average Bonchev–Trinajstić information content (AvgIpc) is 3.68. The monoisotopic (exact) mass is 673 g/mol. The second-order valence-electron chi connectivity index (χ2n) is 9.62. The van der Waals surface area contributed by atoms with E-state index in [1.807, 2.05) is 0 Å². The number of nitrogens with one attached hydrogen (secondary N) is 2. The molecule has 0 aliphatic carbocycles. The molecule has 43 heavy (non-hydrogen) atoms. The Morgan fingerprint density at radius 1 is 1.26 bits per heavy atom. The molecular formula is C27H33Cl2N5O7S2. The number of hydrogen-bond donors (Lipinski definition) is 3. The molecule has 1 aliphatic rings. The van der Waals surface area contributed by atoms with E-state index in [-0.39, 0.29) is 54.0 Å². The second-order valence-corrected chi connectivity index (χ2v) is 13.0. The second kappa shape index (κ2) is 14.6. The van der Waals surface area contributed by atoms with Gasteiger partial charge in [0.25, 0.3) is 11.8 Å². The molecule has 0 bridgehead atoms. The third-order valence-electron chi connectivity index (χ3n) is 6.76. The maximum atomic E-state index is 14.0. The van der Waals surface area contributed by atoms with E-state index in [1.165, 1.54) is 29.3 Å². The molecule has 4 rings (SSSR count). The molecule has 0 radical (unpaired) electrons. The zero-order chi connectivity index (χ0) is 30.6. The lowest BCUT2D eigenvalue weighted by molar-refractivity contribution is -0.146. The summed E-state index contributed by atoms with van der Waals surface area (Å²) in [6.45, 7) is 3.79. The number of esters is 1. The molecule has 0 spiro atoms. The van der Waals surface area contributed by atoms with E-state index in [1.54, 1.807) is 43.8 Å². The number of imidazole rings is 1. The highest BCUT2D eigenvalue weighted by atomic mass is 35.5. The van der Waals surface area contributed by atoms with Crippen LogP contribution in [0.4, 0.5) is 5.69 Å². The van der Waals surface area contributed by atoms with Gasteiger partial charge in [-0.2, -0.15) is 4.72 Å². The van der Waals surface area contributed by atoms with Gasteiger partial charge >= 0.3 is 5.97 Å². The smallest absolute Gasteiger partial charge is 0.326 e. The number of thiophene rings is 1. The number of amides is 2. The Labute approximate surface area is 264 Å². The van der Waals surface area contributed by atoms with Crippen LogP contribution < -0.4 is 14.9 Å². The Morgan fingerprint density at radius 2 is 2.00 bits per heavy atom. The van der Waals surface area contributed by atoms with Crippen LogP contribution in [0.25, 0.3) is 0 Å². The van der Waals surface area contributed by atoms with Gasteiger partial charge in [0.05, 0.1) is 20.7 Å². The van der Waals surface area contributed by atoms with Crippen molar-refractivity contribution in [2.75, 3.05) is 18.1 Å². The van der Waals surface area contributed by atoms with Crippen molar-refractivity contribution in [1.82, 2.24) is 19.6 Å². The van der Waals surface area contributed by atoms with Crippen LogP contribution in [0.2, 0.25) is 4.34 Å². The number of ether oxygens (including phenoxy) is 1. The number of benzene rings is 1. The van der Waals surface area contributed by atoms with E-state index in [2.05, 4.69) is 15.0 Å². The molecule has 16 heteroatoms. The van der Waals surface area contributed by atoms with Gasteiger partial charge in [0.1, 0.15) is 24.0 Å². The molecule has 1 aromatic carbocycles. The number of halogens is 2. The van der Waals surface area contributed by atoms with Crippen molar-refractivity contribution in [3.8, 4) is 0 Å². The Kier molecular flexibility index (Phi) is 11.7. The predicted molar refractivity (Wildman–Crippen MR) is 164 cm³/mol. The minimum atomic E-state index is -4.46. The normalized spacial score (nSPS) is 16.4. The highest BCUT2D eigenvalue weighted by Gasteiger charge is 2.40. The van der Waals surface area contributed by atoms with Crippen molar-refractivity contribution < 1.29 is 32.6 Å². The van der Waals surface area contributed by atoms with Gasteiger partial charge < -0.3 is 24.6 Å². The van der Waals surface area contributed by atoms with Crippen LogP contribution in [0, 0.1) is 0 Å². The van der Waals surface area contributed by atoms with Crippen molar-refractivity contribution in [3.63, 3.8) is 0 Å². The lowest BCUT2D eigenvalue weighted by atomic mass is 10.1. The Morgan fingerprint density at radius 3 is 2.56 bits per heavy atom. The van der Waals surface area contributed by atoms with Gasteiger partial charge in [-0.25, -0.2) is 13.4 Å². The fourth-order valence-electron chi connectivity index (χ4n) is 4.72. The molecule has 2 amide bonds. The van der Waals surface area contributed by atoms with Crippen molar-refractivity contribution in [3.05, 3.63) is 63.3 Å². The van der Waals surface area contributed by atoms with Gasteiger partial charge in [-0.3, -0.25) is 14.4 Å². The molecular weight excluding hydrogens is 641 g/mol. The molecule has 3 N–H and O–H groups in total. The number of carbonyl (C=O) groups is 3. The Hall–Kier alpha value is -3.01. The number of aliphatic hydroxyl groups is 1. The average molecular weight is 675 g/mol. The highest BCUT2D eigenvalue weighted by molar-refractivity contribution is 7.89. The summed E-state index contributed by atoms with van der Waals surface area (Å²) in [6, 6.07) is 4.65. The summed E-state index contributed by atoms with van der Waals surface area (Å²) in [6.07, 6.45) is 2.83. The number of aromatic nitrogens is 2. The highest BCUT2D eigenvalue weighted by Crippen LogP contribution is 2.32. The number of nitrogens with zero attached hydrogens (tertiary/aromatic N) is 3. The summed E-state index contributed by atoms with van der Waals surface area (Å²) in [5.74, 6) is -1.81. The number of aryl methyl sites for hydroxylation is 1. The SMILES string of the molecule is CCCOC(=O)[C@@H](NS(=O)(=O)c1cccc(N2CC[C@@H](O)C2=O)c1CC)C(NC(=O)c1ccc(Cl)s1)c1nccn1C.Cl. The molecule has 3 atom stereocenters. The van der Waals surface area contributed by atoms with Crippen molar-refractivity contribution >= 4 is 68.8 Å². The van der Waals surface area contributed by atoms with Gasteiger partial charge in [-0.15, -0.1) is 23.7 Å². The van der Waals surface area contributed by atoms with E-state index in [0.29, 0.717) is 22.0 Å². The van der Waals surface area contributed by atoms with E-state index in [0.717, 1.165) is 11.3 Å². The van der Waals surface area contributed by atoms with Crippen LogP contribution in [-0.2, 0) is 37.8 Å². The number of rotatable bonds is 12. The predicted octanol–water partition coefficient (Wildman–Crippen LogP) is 2.99. The van der Waals surface area contributed by atoms with Crippen LogP contribution in [0.15, 0.2) is 47.6 Å². The number of aliphatic hydroxyl groups excluding tert-OH is 1. The zero-order valence-corrected chi connectivity index (χ0v) is 26.9. The van der Waals surface area contributed by atoms with Gasteiger partial charge in [0.2, 0.25) is 10.0 Å². The van der Waals surface area contributed by atoms with Gasteiger partial charge in [-0.1, -0.05) is 31.5 Å². The van der Waals surface area contributed by atoms with Gasteiger partial charge in [0, 0.05) is 38.1 Å². The van der Waals surface area contributed by atoms with Crippen molar-refractivity contribution in [1.29, 1.82) is 0 Å². The van der Waals surface area contributed by atoms with Crippen LogP contribution in [-0.4, -0.2) is 66.2 Å². The molecule has 1 aliphatic heterocycles. The Bertz CT molecular complexity index is 1580. The topological polar surface area (TPSA) is 160 Å². The van der Waals surface area contributed by atoms with Crippen LogP contribution in [0.3, 0.4) is 0 Å². The molecule has 234 valence electrons. The fourth-order valence-corrected chi connectivity index (χ4v) is 7.19. The first-order valence-electron chi connectivity index (χ1n) is 13.3. The van der Waals surface area contributed by atoms with Crippen molar-refractivity contribution in [2.45, 2.75) is 56.2 Å². The lowest BCUT2D eigenvalue weighted by Gasteiger charge is -2.28. The number of anilines is 1. The zero-order valence-electron chi connectivity index (χ0n) is 23.7. The van der Waals surface area contributed by atoms with Crippen molar-refractivity contribution in [2.24, 2.45) is 7.05 Å². The molecule has 3 heterocycles. The number of hydrogen-bond acceptors (Lipinski definition) is 9. The summed E-state index contributed by atoms with van der Waals surface area (Å²) in [7, 11) is -2.81. The molecule has 1 unspecified atom stereocenters. The Balaban J connectivity index is 0.00000506. The largest absolute Gasteiger partial charge is 0.464 e. The summed E-state index contributed by atoms with van der Waals surface area (Å²) < 4.78 is 37.8. The summed E-state index contributed by atoms with van der Waals surface area (Å²) >= 11 is 7.04. The van der Waals surface area contributed by atoms with Gasteiger partial charge in [0.15, 0.2) is 0 Å². The molecule has 1 fully saturated rings. The maximum absolute atomic E-state index is 14.0. The molecule has 3 aromatic rings. The summed E-state index contributed by atoms with van der Waals surface area (Å²) in [4.78, 5) is 45.0. The lowest BCUT2D eigenvalue weighted by Crippen LogP contribution is -2.52. The quantitative estimate of drug-likeness (QED) is 0.247. The number of sulfonamides is 1. The first kappa shape index (κ1) is 34.5. The van der Waals surface area contributed by atoms with E-state index in [4.69, 9.17) is 16.3 Å². The standard InChI is InChI=1S/C27H32ClN5O7S2.ClH/c1-4-15-40-27(37)23(22(24-29-12-14-32(24)3)30-25(35)19-9-10-21(28)41-19)31-42(38,39)20-8-6-7-17(16(20)5-2)33-13-11-18(34)26(33)36;/h6-10,12,14,18,22-23,31,34H,4-5,11,13,15H2,1-3H3,(H,30,35);1H/t18-,22?,23+;/m1./s1. The minimum absolute atomic E-state index is 0. The first-order valence-corrected chi connectivity index (χ1v) is 16.0. The molecule has 2 aromatic heterocycles. The summed E-state index contributed by atoms with van der Waals surface area (Å²) in [5, 5.41) is 12.7. The molecule has 12 nitrogen and oxygen atoms in total. The molecule has 0 saturated carbocycles. The van der Waals surface area contributed by atoms with E-state index >= 15 is 0 Å². The number of carbonyl (C=O) groups excluding carboxylic acids is 3. The maximum Gasteiger partial charge on any atom is 0.326 e. The minimum Gasteiger partial charge on any atom is -0.464 e. The summed E-state index contributed by atoms with van der Waals surface area (Å²) in [5.41, 5.74) is 0.689. The third kappa shape index (κ3) is 7.56.